The summed E-state index contributed by atoms with van der Waals surface area (Å²) < 4.78 is 53.0. The fraction of sp³-hybridized carbons (Fsp3) is 0.625. The van der Waals surface area contributed by atoms with Crippen LogP contribution in [0.15, 0.2) is 48.5 Å². The molecular weight excluding hydrogens is 574 g/mol. The summed E-state index contributed by atoms with van der Waals surface area (Å²) in [5.41, 5.74) is 1.93. The number of hydrogen-bond acceptors (Lipinski definition) is 8. The second-order valence-corrected chi connectivity index (χ2v) is 19.6. The molecule has 0 unspecified atom stereocenters. The smallest absolute Gasteiger partial charge is 0.173 e. The first kappa shape index (κ1) is 28.2. The van der Waals surface area contributed by atoms with E-state index in [2.05, 4.69) is 39.8 Å². The van der Waals surface area contributed by atoms with Gasteiger partial charge in [0, 0.05) is 36.8 Å². The Bertz CT molecular complexity index is 1280. The van der Waals surface area contributed by atoms with Gasteiger partial charge in [-0.3, -0.25) is 0 Å². The summed E-state index contributed by atoms with van der Waals surface area (Å²) in [4.78, 5) is 0. The van der Waals surface area contributed by atoms with E-state index in [-0.39, 0.29) is 0 Å². The maximum Gasteiger partial charge on any atom is 0.173 e. The second kappa shape index (κ2) is 8.27. The van der Waals surface area contributed by atoms with Gasteiger partial charge in [-0.1, -0.05) is 36.4 Å². The van der Waals surface area contributed by atoms with Gasteiger partial charge in [0.05, 0.1) is 0 Å². The van der Waals surface area contributed by atoms with Crippen LogP contribution in [0.2, 0.25) is 0 Å². The van der Waals surface area contributed by atoms with Gasteiger partial charge in [0.25, 0.3) is 0 Å². The molecule has 0 saturated carbocycles. The van der Waals surface area contributed by atoms with Crippen molar-refractivity contribution < 1.29 is 37.5 Å². The highest BCUT2D eigenvalue weighted by Gasteiger charge is 2.74. The van der Waals surface area contributed by atoms with Crippen molar-refractivity contribution >= 4 is 16.3 Å². The van der Waals surface area contributed by atoms with Crippen LogP contribution in [0.1, 0.15) is 81.1 Å². The molecule has 8 aliphatic heterocycles. The van der Waals surface area contributed by atoms with Crippen molar-refractivity contribution in [2.24, 2.45) is 0 Å². The Hall–Kier alpha value is -1.34. The standard InChI is InChI=1S/C32H40O8P2/c1-25-17-29(5)38-26(2,35-25)18-30(6,37-25)41(29)33-23-15-11-9-13-21(23)22-14-10-12-16-24(22)34-42-31(7)19-27(3)36-28(4,40-31)20-32(42,8)39-27/h9-16H,17-20H2,1-8H3/t25-,26-,27-,28-,29+,30+,31+,32+/m0/s1. The van der Waals surface area contributed by atoms with Gasteiger partial charge in [-0.05, 0) is 67.5 Å². The normalized spacial score (nSPS) is 51.6. The molecule has 8 fully saturated rings. The van der Waals surface area contributed by atoms with E-state index in [0.717, 1.165) is 22.6 Å². The van der Waals surface area contributed by atoms with Crippen LogP contribution in [0.3, 0.4) is 0 Å². The van der Waals surface area contributed by atoms with Gasteiger partial charge in [-0.25, -0.2) is 0 Å². The monoisotopic (exact) mass is 614 g/mol. The molecule has 0 N–H and O–H groups in total. The van der Waals surface area contributed by atoms with Crippen LogP contribution >= 0.6 is 16.3 Å². The lowest BCUT2D eigenvalue weighted by Crippen LogP contribution is -2.71. The lowest BCUT2D eigenvalue weighted by molar-refractivity contribution is -0.470. The third-order valence-electron chi connectivity index (χ3n) is 9.37. The van der Waals surface area contributed by atoms with E-state index in [1.807, 2.05) is 64.1 Å². The minimum absolute atomic E-state index is 0.513. The third-order valence-corrected chi connectivity index (χ3v) is 14.6. The Labute approximate surface area is 250 Å². The quantitative estimate of drug-likeness (QED) is 0.311. The topological polar surface area (TPSA) is 73.8 Å². The van der Waals surface area contributed by atoms with Gasteiger partial charge in [0.2, 0.25) is 0 Å². The molecule has 0 spiro atoms. The predicted molar refractivity (Wildman–Crippen MR) is 159 cm³/mol. The molecular formula is C32H40O8P2. The van der Waals surface area contributed by atoms with Gasteiger partial charge in [-0.2, -0.15) is 0 Å². The van der Waals surface area contributed by atoms with Gasteiger partial charge in [0.15, 0.2) is 39.4 Å². The van der Waals surface area contributed by atoms with Crippen LogP contribution in [0.5, 0.6) is 11.5 Å². The van der Waals surface area contributed by atoms with Crippen molar-refractivity contribution in [3.05, 3.63) is 48.5 Å². The highest BCUT2D eigenvalue weighted by Crippen LogP contribution is 2.78. The molecule has 10 rings (SSSR count). The minimum Gasteiger partial charge on any atom is -0.468 e. The SMILES string of the molecule is C[C@@]12C[C@]3(C)O[C@@](C)(C[C@](C)(O1)P3Oc1ccccc1-c1ccccc1OP1[C@]3(C)C[C@@]4(C)O[C@](C)(C[C@]1(C)O4)O3)O2. The molecule has 8 aliphatic rings. The molecule has 8 atom stereocenters. The van der Waals surface area contributed by atoms with Gasteiger partial charge in [0.1, 0.15) is 32.9 Å². The maximum absolute atomic E-state index is 7.02. The Morgan fingerprint density at radius 2 is 0.738 bits per heavy atom. The zero-order valence-corrected chi connectivity index (χ0v) is 27.4. The van der Waals surface area contributed by atoms with Crippen molar-refractivity contribution in [1.29, 1.82) is 0 Å². The molecule has 42 heavy (non-hydrogen) atoms. The number of benzene rings is 2. The fourth-order valence-corrected chi connectivity index (χ4v) is 15.6. The Balaban J connectivity index is 1.14. The van der Waals surface area contributed by atoms with Crippen molar-refractivity contribution in [1.82, 2.24) is 0 Å². The van der Waals surface area contributed by atoms with Crippen LogP contribution in [0, 0.1) is 0 Å². The summed E-state index contributed by atoms with van der Waals surface area (Å²) >= 11 is 0. The minimum atomic E-state index is -1.19. The molecule has 8 nitrogen and oxygen atoms in total. The molecule has 0 aromatic heterocycles. The number of ether oxygens (including phenoxy) is 6. The molecule has 0 aliphatic carbocycles. The highest BCUT2D eigenvalue weighted by molar-refractivity contribution is 7.56. The van der Waals surface area contributed by atoms with Crippen molar-refractivity contribution in [3.8, 4) is 22.6 Å². The average Bonchev–Trinajstić information content (AvgIpc) is 2.80. The number of hydrogen-bond donors (Lipinski definition) is 0. The Morgan fingerprint density at radius 3 is 1.05 bits per heavy atom. The number of rotatable bonds is 5. The van der Waals surface area contributed by atoms with Crippen molar-refractivity contribution in [2.75, 3.05) is 0 Å². The average molecular weight is 615 g/mol. The highest BCUT2D eigenvalue weighted by atomic mass is 31.1. The van der Waals surface area contributed by atoms with Crippen molar-refractivity contribution in [3.63, 3.8) is 0 Å². The van der Waals surface area contributed by atoms with Crippen LogP contribution in [-0.4, -0.2) is 44.5 Å². The molecule has 8 heterocycles. The lowest BCUT2D eigenvalue weighted by atomic mass is 9.98. The van der Waals surface area contributed by atoms with E-state index in [1.54, 1.807) is 0 Å². The first-order valence-electron chi connectivity index (χ1n) is 14.9. The summed E-state index contributed by atoms with van der Waals surface area (Å²) in [5.74, 6) is -1.18. The van der Waals surface area contributed by atoms with Crippen LogP contribution in [0.25, 0.3) is 11.1 Å². The number of para-hydroxylation sites is 2. The second-order valence-electron chi connectivity index (χ2n) is 14.3. The van der Waals surface area contributed by atoms with E-state index in [0.29, 0.717) is 25.7 Å². The summed E-state index contributed by atoms with van der Waals surface area (Å²) in [5, 5.41) is -2.05. The molecule has 2 aromatic rings. The molecule has 10 heteroatoms. The van der Waals surface area contributed by atoms with Crippen LogP contribution in [-0.2, 0) is 28.4 Å². The van der Waals surface area contributed by atoms with Gasteiger partial charge >= 0.3 is 0 Å². The van der Waals surface area contributed by atoms with Gasteiger partial charge in [-0.15, -0.1) is 0 Å². The van der Waals surface area contributed by atoms with E-state index < -0.39 is 60.8 Å². The molecule has 8 bridgehead atoms. The van der Waals surface area contributed by atoms with Gasteiger partial charge < -0.3 is 37.5 Å². The zero-order chi connectivity index (χ0) is 29.6. The van der Waals surface area contributed by atoms with Crippen LogP contribution in [0.4, 0.5) is 0 Å². The van der Waals surface area contributed by atoms with E-state index in [1.165, 1.54) is 0 Å². The summed E-state index contributed by atoms with van der Waals surface area (Å²) in [6, 6.07) is 16.4. The Morgan fingerprint density at radius 1 is 0.452 bits per heavy atom. The molecule has 226 valence electrons. The third kappa shape index (κ3) is 4.03. The summed E-state index contributed by atoms with van der Waals surface area (Å²) in [6.07, 6.45) is 2.45. The molecule has 0 amide bonds. The molecule has 2 aromatic carbocycles. The first-order valence-corrected chi connectivity index (χ1v) is 17.4. The van der Waals surface area contributed by atoms with E-state index in [9.17, 15) is 0 Å². The summed E-state index contributed by atoms with van der Waals surface area (Å²) in [6.45, 7) is 16.7. The summed E-state index contributed by atoms with van der Waals surface area (Å²) in [7, 11) is -2.39. The molecule has 0 radical (unpaired) electrons. The maximum atomic E-state index is 7.02. The van der Waals surface area contributed by atoms with E-state index >= 15 is 0 Å². The largest absolute Gasteiger partial charge is 0.468 e. The van der Waals surface area contributed by atoms with Crippen LogP contribution < -0.4 is 9.05 Å². The Kier molecular flexibility index (Phi) is 5.54. The fourth-order valence-electron chi connectivity index (χ4n) is 9.25. The lowest BCUT2D eigenvalue weighted by Gasteiger charge is -2.68. The molecule has 8 saturated heterocycles. The van der Waals surface area contributed by atoms with E-state index in [4.69, 9.17) is 37.5 Å². The van der Waals surface area contributed by atoms with Crippen molar-refractivity contribution in [2.45, 2.75) is 126 Å². The zero-order valence-electron chi connectivity index (χ0n) is 25.6. The predicted octanol–water partition coefficient (Wildman–Crippen LogP) is 8.38. The first-order chi connectivity index (χ1) is 19.5.